The van der Waals surface area contributed by atoms with Gasteiger partial charge < -0.3 is 9.72 Å². The van der Waals surface area contributed by atoms with Gasteiger partial charge in [0.2, 0.25) is 0 Å². The third-order valence-electron chi connectivity index (χ3n) is 2.27. The molecule has 2 rings (SSSR count). The number of Topliss-reactive ketones (excluding diaryl/α,β-unsaturated/α-hetero) is 1. The highest BCUT2D eigenvalue weighted by atomic mass is 19.1. The van der Waals surface area contributed by atoms with Gasteiger partial charge in [0.15, 0.2) is 5.78 Å². The fourth-order valence-corrected chi connectivity index (χ4v) is 1.60. The van der Waals surface area contributed by atoms with Crippen LogP contribution in [0.4, 0.5) is 4.39 Å². The highest BCUT2D eigenvalue weighted by Gasteiger charge is 2.13. The van der Waals surface area contributed by atoms with Crippen molar-refractivity contribution >= 4 is 11.3 Å². The van der Waals surface area contributed by atoms with E-state index in [0.29, 0.717) is 11.1 Å². The van der Waals surface area contributed by atoms with E-state index in [9.17, 15) is 9.18 Å². The topological polar surface area (TPSA) is 33.5 Å². The molecule has 0 amide bonds. The normalized spacial score (nSPS) is 10.8. The summed E-state index contributed by atoms with van der Waals surface area (Å²) >= 11 is 0. The van der Waals surface area contributed by atoms with Crippen LogP contribution in [0.2, 0.25) is 0 Å². The Morgan fingerprint density at radius 2 is 2.27 bits per heavy atom. The Labute approximate surface area is 86.5 Å². The van der Waals surface area contributed by atoms with E-state index in [1.54, 1.807) is 36.0 Å². The molecule has 0 aliphatic rings. The molecular weight excluding hydrogens is 195 g/mol. The van der Waals surface area contributed by atoms with Crippen LogP contribution in [0.3, 0.4) is 0 Å². The summed E-state index contributed by atoms with van der Waals surface area (Å²) in [6, 6.07) is 4.60. The predicted octanol–water partition coefficient (Wildman–Crippen LogP) is 1.48. The van der Waals surface area contributed by atoms with Crippen LogP contribution in [-0.4, -0.2) is 23.8 Å². The van der Waals surface area contributed by atoms with Gasteiger partial charge in [-0.2, -0.15) is 0 Å². The zero-order chi connectivity index (χ0) is 10.8. The fraction of sp³-hybridized carbons (Fsp3) is 0.182. The molecule has 0 bridgehead atoms. The van der Waals surface area contributed by atoms with Gasteiger partial charge in [0.1, 0.15) is 5.82 Å². The second-order valence-electron chi connectivity index (χ2n) is 3.29. The van der Waals surface area contributed by atoms with Crippen molar-refractivity contribution < 1.29 is 9.18 Å². The zero-order valence-corrected chi connectivity index (χ0v) is 8.33. The number of rotatable bonds is 3. The Kier molecular flexibility index (Phi) is 2.51. The summed E-state index contributed by atoms with van der Waals surface area (Å²) in [5.74, 6) is -0.480. The molecule has 78 valence electrons. The molecular formula is C11H11FN2O. The molecule has 0 atom stereocenters. The number of nitrogens with one attached hydrogen (secondary N) is 1. The molecule has 0 aliphatic carbocycles. The number of fused-ring (bicyclic) bond motifs is 1. The maximum Gasteiger partial charge on any atom is 0.178 e. The van der Waals surface area contributed by atoms with E-state index < -0.39 is 0 Å². The van der Waals surface area contributed by atoms with Crippen molar-refractivity contribution in [2.45, 2.75) is 0 Å². The fourth-order valence-electron chi connectivity index (χ4n) is 1.60. The third-order valence-corrected chi connectivity index (χ3v) is 2.27. The molecule has 0 radical (unpaired) electrons. The Bertz CT molecular complexity index is 504. The number of carbonyl (C=O) groups excluding carboxylic acids is 1. The Morgan fingerprint density at radius 3 is 3.00 bits per heavy atom. The first-order valence-electron chi connectivity index (χ1n) is 4.67. The van der Waals surface area contributed by atoms with E-state index in [0.717, 1.165) is 0 Å². The molecule has 2 aromatic rings. The minimum atomic E-state index is -0.373. The minimum Gasteiger partial charge on any atom is -0.321 e. The largest absolute Gasteiger partial charge is 0.321 e. The SMILES string of the molecule is CNCC(=O)c1ccn2cccc(F)c12. The van der Waals surface area contributed by atoms with Crippen LogP contribution in [0.5, 0.6) is 0 Å². The molecule has 15 heavy (non-hydrogen) atoms. The van der Waals surface area contributed by atoms with Gasteiger partial charge in [-0.15, -0.1) is 0 Å². The lowest BCUT2D eigenvalue weighted by molar-refractivity contribution is 0.0995. The smallest absolute Gasteiger partial charge is 0.178 e. The number of hydrogen-bond acceptors (Lipinski definition) is 2. The van der Waals surface area contributed by atoms with Crippen LogP contribution in [0.1, 0.15) is 10.4 Å². The molecule has 0 saturated heterocycles. The average molecular weight is 206 g/mol. The van der Waals surface area contributed by atoms with Crippen LogP contribution in [-0.2, 0) is 0 Å². The average Bonchev–Trinajstić information content (AvgIpc) is 2.63. The van der Waals surface area contributed by atoms with Gasteiger partial charge in [-0.3, -0.25) is 4.79 Å². The van der Waals surface area contributed by atoms with Gasteiger partial charge in [-0.1, -0.05) is 0 Å². The number of carbonyl (C=O) groups is 1. The lowest BCUT2D eigenvalue weighted by Crippen LogP contribution is -2.18. The summed E-state index contributed by atoms with van der Waals surface area (Å²) in [4.78, 5) is 11.6. The maximum atomic E-state index is 13.5. The van der Waals surface area contributed by atoms with E-state index in [1.165, 1.54) is 6.07 Å². The molecule has 2 aromatic heterocycles. The van der Waals surface area contributed by atoms with E-state index >= 15 is 0 Å². The lowest BCUT2D eigenvalue weighted by Gasteiger charge is -2.00. The van der Waals surface area contributed by atoms with E-state index in [4.69, 9.17) is 0 Å². The molecule has 0 spiro atoms. The standard InChI is InChI=1S/C11H11FN2O/c1-13-7-10(15)8-4-6-14-5-2-3-9(12)11(8)14/h2-6,13H,7H2,1H3. The molecule has 1 N–H and O–H groups in total. The predicted molar refractivity (Wildman–Crippen MR) is 55.6 cm³/mol. The summed E-state index contributed by atoms with van der Waals surface area (Å²) < 4.78 is 15.1. The van der Waals surface area contributed by atoms with E-state index in [1.807, 2.05) is 0 Å². The quantitative estimate of drug-likeness (QED) is 0.772. The first kappa shape index (κ1) is 9.86. The summed E-state index contributed by atoms with van der Waals surface area (Å²) in [7, 11) is 1.69. The number of likely N-dealkylation sites (N-methyl/N-ethyl adjacent to an activating group) is 1. The van der Waals surface area contributed by atoms with Gasteiger partial charge in [0, 0.05) is 18.0 Å². The van der Waals surface area contributed by atoms with Crippen molar-refractivity contribution in [1.82, 2.24) is 9.72 Å². The molecule has 2 heterocycles. The molecule has 3 nitrogen and oxygen atoms in total. The van der Waals surface area contributed by atoms with Crippen molar-refractivity contribution in [3.05, 3.63) is 42.0 Å². The van der Waals surface area contributed by atoms with E-state index in [-0.39, 0.29) is 18.1 Å². The molecule has 0 unspecified atom stereocenters. The van der Waals surface area contributed by atoms with Crippen LogP contribution < -0.4 is 5.32 Å². The minimum absolute atomic E-state index is 0.106. The summed E-state index contributed by atoms with van der Waals surface area (Å²) in [5, 5.41) is 2.76. The highest BCUT2D eigenvalue weighted by Crippen LogP contribution is 2.16. The Balaban J connectivity index is 2.57. The summed E-state index contributed by atoms with van der Waals surface area (Å²) in [6.45, 7) is 0.216. The van der Waals surface area contributed by atoms with E-state index in [2.05, 4.69) is 5.32 Å². The summed E-state index contributed by atoms with van der Waals surface area (Å²) in [5.41, 5.74) is 0.764. The Morgan fingerprint density at radius 1 is 1.47 bits per heavy atom. The van der Waals surface area contributed by atoms with Gasteiger partial charge >= 0.3 is 0 Å². The molecule has 0 aromatic carbocycles. The number of nitrogens with zero attached hydrogens (tertiary/aromatic N) is 1. The molecule has 4 heteroatoms. The van der Waals surface area contributed by atoms with Gasteiger partial charge in [0.05, 0.1) is 12.1 Å². The van der Waals surface area contributed by atoms with Crippen molar-refractivity contribution in [3.63, 3.8) is 0 Å². The van der Waals surface area contributed by atoms with Crippen LogP contribution in [0.15, 0.2) is 30.6 Å². The first-order valence-corrected chi connectivity index (χ1v) is 4.67. The van der Waals surface area contributed by atoms with Gasteiger partial charge in [0.25, 0.3) is 0 Å². The molecule has 0 fully saturated rings. The first-order chi connectivity index (χ1) is 7.24. The van der Waals surface area contributed by atoms with Crippen LogP contribution >= 0.6 is 0 Å². The zero-order valence-electron chi connectivity index (χ0n) is 8.33. The van der Waals surface area contributed by atoms with Gasteiger partial charge in [-0.05, 0) is 25.2 Å². The number of halogens is 1. The third kappa shape index (κ3) is 1.64. The van der Waals surface area contributed by atoms with Crippen molar-refractivity contribution in [1.29, 1.82) is 0 Å². The number of aromatic nitrogens is 1. The monoisotopic (exact) mass is 206 g/mol. The number of hydrogen-bond donors (Lipinski definition) is 1. The maximum absolute atomic E-state index is 13.5. The Hall–Kier alpha value is -1.68. The van der Waals surface area contributed by atoms with Crippen LogP contribution in [0, 0.1) is 5.82 Å². The number of pyridine rings is 1. The van der Waals surface area contributed by atoms with Crippen molar-refractivity contribution in [2.75, 3.05) is 13.6 Å². The molecule has 0 saturated carbocycles. The highest BCUT2D eigenvalue weighted by molar-refractivity contribution is 6.03. The second-order valence-corrected chi connectivity index (χ2v) is 3.29. The van der Waals surface area contributed by atoms with Crippen molar-refractivity contribution in [3.8, 4) is 0 Å². The van der Waals surface area contributed by atoms with Crippen molar-refractivity contribution in [2.24, 2.45) is 0 Å². The number of ketones is 1. The lowest BCUT2D eigenvalue weighted by atomic mass is 10.1. The van der Waals surface area contributed by atoms with Crippen LogP contribution in [0.25, 0.3) is 5.52 Å². The molecule has 0 aliphatic heterocycles. The van der Waals surface area contributed by atoms with Gasteiger partial charge in [-0.25, -0.2) is 4.39 Å². The summed E-state index contributed by atoms with van der Waals surface area (Å²) in [6.07, 6.45) is 3.40. The second kappa shape index (κ2) is 3.82.